The lowest BCUT2D eigenvalue weighted by Crippen LogP contribution is -1.98. The van der Waals surface area contributed by atoms with Gasteiger partial charge in [0.1, 0.15) is 0 Å². The van der Waals surface area contributed by atoms with E-state index in [1.54, 1.807) is 0 Å². The smallest absolute Gasteiger partial charge is 0.160 e. The summed E-state index contributed by atoms with van der Waals surface area (Å²) >= 11 is 0. The van der Waals surface area contributed by atoms with Crippen molar-refractivity contribution in [3.63, 3.8) is 0 Å². The maximum Gasteiger partial charge on any atom is 0.160 e. The van der Waals surface area contributed by atoms with Crippen LogP contribution in [0.3, 0.4) is 0 Å². The highest BCUT2D eigenvalue weighted by Crippen LogP contribution is 2.34. The second-order valence-electron chi connectivity index (χ2n) is 10.6. The molecule has 3 heterocycles. The van der Waals surface area contributed by atoms with E-state index in [0.717, 1.165) is 44.8 Å². The summed E-state index contributed by atoms with van der Waals surface area (Å²) in [5.74, 6) is 0.701. The van der Waals surface area contributed by atoms with Crippen molar-refractivity contribution in [2.24, 2.45) is 0 Å². The molecule has 8 rings (SSSR count). The van der Waals surface area contributed by atoms with Gasteiger partial charge in [-0.2, -0.15) is 0 Å². The maximum atomic E-state index is 5.08. The van der Waals surface area contributed by atoms with Crippen LogP contribution in [0, 0.1) is 0 Å². The summed E-state index contributed by atoms with van der Waals surface area (Å²) in [4.78, 5) is 14.6. The Morgan fingerprint density at radius 3 is 1.81 bits per heavy atom. The first-order chi connectivity index (χ1) is 21.3. The van der Waals surface area contributed by atoms with Crippen LogP contribution in [-0.2, 0) is 0 Å². The summed E-state index contributed by atoms with van der Waals surface area (Å²) in [6.45, 7) is 0. The molecule has 0 fully saturated rings. The summed E-state index contributed by atoms with van der Waals surface area (Å²) in [5.41, 5.74) is 10.5. The van der Waals surface area contributed by atoms with Crippen LogP contribution in [0.25, 0.3) is 72.5 Å². The van der Waals surface area contributed by atoms with Gasteiger partial charge in [-0.1, -0.05) is 115 Å². The van der Waals surface area contributed by atoms with Crippen LogP contribution in [0.5, 0.6) is 0 Å². The molecule has 4 nitrogen and oxygen atoms in total. The van der Waals surface area contributed by atoms with E-state index < -0.39 is 0 Å². The molecule has 0 unspecified atom stereocenters. The largest absolute Gasteiger partial charge is 0.308 e. The monoisotopic (exact) mass is 550 g/mol. The average molecular weight is 551 g/mol. The lowest BCUT2D eigenvalue weighted by molar-refractivity contribution is 1.16. The molecule has 0 saturated carbocycles. The maximum absolute atomic E-state index is 5.08. The Hall–Kier alpha value is -5.87. The lowest BCUT2D eigenvalue weighted by Gasteiger charge is -2.12. The van der Waals surface area contributed by atoms with Crippen molar-refractivity contribution in [3.05, 3.63) is 158 Å². The molecular formula is C39H26N4. The highest BCUT2D eigenvalue weighted by molar-refractivity contribution is 6.08. The van der Waals surface area contributed by atoms with Crippen molar-refractivity contribution in [1.82, 2.24) is 19.5 Å². The minimum absolute atomic E-state index is 0.701. The van der Waals surface area contributed by atoms with Crippen molar-refractivity contribution < 1.29 is 0 Å². The Kier molecular flexibility index (Phi) is 6.08. The van der Waals surface area contributed by atoms with Gasteiger partial charge in [0.15, 0.2) is 5.82 Å². The first kappa shape index (κ1) is 24.9. The van der Waals surface area contributed by atoms with Gasteiger partial charge >= 0.3 is 0 Å². The van der Waals surface area contributed by atoms with Gasteiger partial charge in [-0.05, 0) is 41.5 Å². The van der Waals surface area contributed by atoms with Crippen molar-refractivity contribution in [2.45, 2.75) is 0 Å². The zero-order valence-electron chi connectivity index (χ0n) is 23.3. The second-order valence-corrected chi connectivity index (χ2v) is 10.6. The van der Waals surface area contributed by atoms with Crippen LogP contribution in [0.1, 0.15) is 0 Å². The normalized spacial score (nSPS) is 11.3. The summed E-state index contributed by atoms with van der Waals surface area (Å²) in [6.07, 6.45) is 3.80. The van der Waals surface area contributed by atoms with Gasteiger partial charge in [-0.25, -0.2) is 9.97 Å². The van der Waals surface area contributed by atoms with Crippen LogP contribution in [0.2, 0.25) is 0 Å². The summed E-state index contributed by atoms with van der Waals surface area (Å²) in [7, 11) is 0. The Bertz CT molecular complexity index is 2160. The number of hydrogen-bond donors (Lipinski definition) is 0. The van der Waals surface area contributed by atoms with E-state index >= 15 is 0 Å². The second kappa shape index (κ2) is 10.5. The molecule has 0 bridgehead atoms. The average Bonchev–Trinajstić information content (AvgIpc) is 3.43. The van der Waals surface area contributed by atoms with Crippen molar-refractivity contribution >= 4 is 21.8 Å². The molecule has 3 aromatic heterocycles. The van der Waals surface area contributed by atoms with Gasteiger partial charge in [0, 0.05) is 39.3 Å². The Morgan fingerprint density at radius 1 is 0.419 bits per heavy atom. The fourth-order valence-electron chi connectivity index (χ4n) is 5.82. The molecule has 0 aliphatic heterocycles. The van der Waals surface area contributed by atoms with Gasteiger partial charge in [0.25, 0.3) is 0 Å². The van der Waals surface area contributed by atoms with Gasteiger partial charge < -0.3 is 4.57 Å². The van der Waals surface area contributed by atoms with Crippen LogP contribution in [0.4, 0.5) is 0 Å². The Labute approximate surface area is 249 Å². The standard InChI is InChI=1S/C39H26N4/c1-3-10-27(11-4-1)28-18-20-29(21-19-28)35-25-36(42-39(41-35)30-12-5-2-6-13-30)31-14-9-15-32(24-31)43-37-17-8-7-16-33(37)34-22-23-40-26-38(34)43/h1-26H. The molecule has 202 valence electrons. The minimum atomic E-state index is 0.701. The number of hydrogen-bond acceptors (Lipinski definition) is 3. The topological polar surface area (TPSA) is 43.6 Å². The van der Waals surface area contributed by atoms with E-state index in [9.17, 15) is 0 Å². The minimum Gasteiger partial charge on any atom is -0.308 e. The molecule has 0 radical (unpaired) electrons. The molecular weight excluding hydrogens is 524 g/mol. The van der Waals surface area contributed by atoms with E-state index in [2.05, 4.69) is 131 Å². The molecule has 0 saturated heterocycles. The number of aromatic nitrogens is 4. The zero-order chi connectivity index (χ0) is 28.6. The van der Waals surface area contributed by atoms with Gasteiger partial charge in [0.2, 0.25) is 0 Å². The third-order valence-electron chi connectivity index (χ3n) is 7.92. The molecule has 4 heteroatoms. The highest BCUT2D eigenvalue weighted by atomic mass is 15.0. The van der Waals surface area contributed by atoms with Crippen LogP contribution < -0.4 is 0 Å². The molecule has 43 heavy (non-hydrogen) atoms. The summed E-state index contributed by atoms with van der Waals surface area (Å²) in [5, 5.41) is 2.39. The SMILES string of the molecule is c1ccc(-c2ccc(-c3cc(-c4cccc(-n5c6ccccc6c6ccncc65)c4)nc(-c4ccccc4)n3)cc2)cc1. The van der Waals surface area contributed by atoms with E-state index in [0.29, 0.717) is 5.82 Å². The van der Waals surface area contributed by atoms with Gasteiger partial charge in [0.05, 0.1) is 28.6 Å². The third kappa shape index (κ3) is 4.55. The van der Waals surface area contributed by atoms with Crippen LogP contribution in [0.15, 0.2) is 158 Å². The highest BCUT2D eigenvalue weighted by Gasteiger charge is 2.15. The number of rotatable bonds is 5. The van der Waals surface area contributed by atoms with E-state index in [1.165, 1.54) is 21.9 Å². The number of benzene rings is 5. The number of pyridine rings is 1. The number of fused-ring (bicyclic) bond motifs is 3. The van der Waals surface area contributed by atoms with E-state index in [-0.39, 0.29) is 0 Å². The zero-order valence-corrected chi connectivity index (χ0v) is 23.3. The molecule has 0 aliphatic carbocycles. The molecule has 0 spiro atoms. The Morgan fingerprint density at radius 2 is 1.02 bits per heavy atom. The van der Waals surface area contributed by atoms with Crippen molar-refractivity contribution in [3.8, 4) is 50.7 Å². The predicted octanol–water partition coefficient (Wildman–Crippen LogP) is 9.64. The molecule has 8 aromatic rings. The molecule has 0 atom stereocenters. The van der Waals surface area contributed by atoms with Crippen molar-refractivity contribution in [2.75, 3.05) is 0 Å². The van der Waals surface area contributed by atoms with Gasteiger partial charge in [-0.15, -0.1) is 0 Å². The van der Waals surface area contributed by atoms with Crippen LogP contribution in [-0.4, -0.2) is 19.5 Å². The molecule has 0 N–H and O–H groups in total. The van der Waals surface area contributed by atoms with Crippen LogP contribution >= 0.6 is 0 Å². The predicted molar refractivity (Wildman–Crippen MR) is 176 cm³/mol. The molecule has 5 aromatic carbocycles. The van der Waals surface area contributed by atoms with Gasteiger partial charge in [-0.3, -0.25) is 4.98 Å². The summed E-state index contributed by atoms with van der Waals surface area (Å²) in [6, 6.07) is 50.5. The molecule has 0 aliphatic rings. The number of para-hydroxylation sites is 1. The number of nitrogens with zero attached hydrogens (tertiary/aromatic N) is 4. The summed E-state index contributed by atoms with van der Waals surface area (Å²) < 4.78 is 2.28. The third-order valence-corrected chi connectivity index (χ3v) is 7.92. The quantitative estimate of drug-likeness (QED) is 0.214. The fourth-order valence-corrected chi connectivity index (χ4v) is 5.82. The van der Waals surface area contributed by atoms with Crippen molar-refractivity contribution in [1.29, 1.82) is 0 Å². The lowest BCUT2D eigenvalue weighted by atomic mass is 10.0. The first-order valence-electron chi connectivity index (χ1n) is 14.4. The molecule has 0 amide bonds. The first-order valence-corrected chi connectivity index (χ1v) is 14.4. The van der Waals surface area contributed by atoms with E-state index in [1.807, 2.05) is 36.7 Å². The fraction of sp³-hybridized carbons (Fsp3) is 0. The van der Waals surface area contributed by atoms with E-state index in [4.69, 9.17) is 9.97 Å². The Balaban J connectivity index is 1.27.